The van der Waals surface area contributed by atoms with E-state index in [-0.39, 0.29) is 0 Å². The van der Waals surface area contributed by atoms with Crippen molar-refractivity contribution in [2.24, 2.45) is 0 Å². The fourth-order valence-corrected chi connectivity index (χ4v) is 4.68. The van der Waals surface area contributed by atoms with Crippen LogP contribution in [0.3, 0.4) is 0 Å². The second-order valence-corrected chi connectivity index (χ2v) is 8.58. The zero-order valence-electron chi connectivity index (χ0n) is 18.8. The number of nitrogens with one attached hydrogen (secondary N) is 2. The summed E-state index contributed by atoms with van der Waals surface area (Å²) in [6.07, 6.45) is 0. The molecule has 2 N–H and O–H groups in total. The number of fused-ring (bicyclic) bond motifs is 2. The number of aromatic nitrogens is 4. The van der Waals surface area contributed by atoms with Crippen molar-refractivity contribution in [1.29, 1.82) is 0 Å². The van der Waals surface area contributed by atoms with Crippen LogP contribution in [0.25, 0.3) is 44.6 Å². The largest absolute Gasteiger partial charge is 0.496 e. The standard InChI is InChI=1S/C26H26N6O/c1-31-12-14-32(15-13-31)22-8-5-7-20-25(22)28-26(27-20)24-19-11-10-17(16-21(19)29-30-24)18-6-3-4-9-23(18)33-2/h3-11,16H,12-15H2,1-2H3,(H,27,28)(H,29,30). The molecule has 1 fully saturated rings. The first-order valence-electron chi connectivity index (χ1n) is 11.3. The van der Waals surface area contributed by atoms with Crippen molar-refractivity contribution in [3.05, 3.63) is 60.7 Å². The van der Waals surface area contributed by atoms with E-state index in [1.807, 2.05) is 18.2 Å². The van der Waals surface area contributed by atoms with E-state index < -0.39 is 0 Å². The molecule has 1 aliphatic rings. The molecule has 0 amide bonds. The number of hydrogen-bond acceptors (Lipinski definition) is 5. The van der Waals surface area contributed by atoms with Crippen LogP contribution in [-0.4, -0.2) is 65.4 Å². The van der Waals surface area contributed by atoms with E-state index in [1.54, 1.807) is 7.11 Å². The van der Waals surface area contributed by atoms with E-state index in [0.717, 1.165) is 76.5 Å². The number of imidazole rings is 1. The van der Waals surface area contributed by atoms with Crippen LogP contribution in [0, 0.1) is 0 Å². The lowest BCUT2D eigenvalue weighted by molar-refractivity contribution is 0.313. The van der Waals surface area contributed by atoms with E-state index in [9.17, 15) is 0 Å². The van der Waals surface area contributed by atoms with Crippen LogP contribution in [0.4, 0.5) is 5.69 Å². The van der Waals surface area contributed by atoms with Gasteiger partial charge in [-0.1, -0.05) is 30.3 Å². The Bertz CT molecular complexity index is 1440. The van der Waals surface area contributed by atoms with Crippen molar-refractivity contribution >= 4 is 27.6 Å². The number of benzene rings is 3. The Kier molecular flexibility index (Phi) is 4.77. The first-order valence-corrected chi connectivity index (χ1v) is 11.3. The summed E-state index contributed by atoms with van der Waals surface area (Å²) in [4.78, 5) is 13.3. The minimum absolute atomic E-state index is 0.780. The highest BCUT2D eigenvalue weighted by molar-refractivity contribution is 5.97. The molecule has 0 saturated carbocycles. The number of methoxy groups -OCH3 is 1. The number of piperazine rings is 1. The molecule has 5 aromatic rings. The van der Waals surface area contributed by atoms with Crippen LogP contribution in [-0.2, 0) is 0 Å². The summed E-state index contributed by atoms with van der Waals surface area (Å²) in [6.45, 7) is 4.14. The molecule has 0 unspecified atom stereocenters. The van der Waals surface area contributed by atoms with Gasteiger partial charge in [-0.2, -0.15) is 5.10 Å². The molecule has 6 rings (SSSR count). The number of anilines is 1. The Labute approximate surface area is 192 Å². The third kappa shape index (κ3) is 3.41. The molecule has 7 nitrogen and oxygen atoms in total. The van der Waals surface area contributed by atoms with Gasteiger partial charge in [0, 0.05) is 37.1 Å². The van der Waals surface area contributed by atoms with Crippen molar-refractivity contribution in [3.63, 3.8) is 0 Å². The second kappa shape index (κ2) is 7.94. The number of aromatic amines is 2. The molecule has 0 bridgehead atoms. The third-order valence-corrected chi connectivity index (χ3v) is 6.54. The Hall–Kier alpha value is -3.84. The highest BCUT2D eigenvalue weighted by Crippen LogP contribution is 2.34. The monoisotopic (exact) mass is 438 g/mol. The van der Waals surface area contributed by atoms with Crippen LogP contribution >= 0.6 is 0 Å². The molecule has 2 aromatic heterocycles. The van der Waals surface area contributed by atoms with Gasteiger partial charge in [0.1, 0.15) is 17.0 Å². The van der Waals surface area contributed by atoms with Gasteiger partial charge in [0.2, 0.25) is 0 Å². The van der Waals surface area contributed by atoms with Crippen LogP contribution in [0.15, 0.2) is 60.7 Å². The first-order chi connectivity index (χ1) is 16.2. The SMILES string of the molecule is COc1ccccc1-c1ccc2c(-c3nc4c(N5CCN(C)CC5)cccc4[nH]3)n[nH]c2c1. The number of likely N-dealkylation sites (N-methyl/N-ethyl adjacent to an activating group) is 1. The predicted molar refractivity (Wildman–Crippen MR) is 133 cm³/mol. The summed E-state index contributed by atoms with van der Waals surface area (Å²) < 4.78 is 5.54. The van der Waals surface area contributed by atoms with Gasteiger partial charge < -0.3 is 19.5 Å². The molecule has 1 saturated heterocycles. The lowest BCUT2D eigenvalue weighted by Gasteiger charge is -2.34. The van der Waals surface area contributed by atoms with Crippen molar-refractivity contribution in [2.75, 3.05) is 45.2 Å². The fourth-order valence-electron chi connectivity index (χ4n) is 4.68. The summed E-state index contributed by atoms with van der Waals surface area (Å²) in [7, 11) is 3.87. The molecule has 0 aliphatic carbocycles. The number of rotatable bonds is 4. The summed E-state index contributed by atoms with van der Waals surface area (Å²) in [5, 5.41) is 8.85. The predicted octanol–water partition coefficient (Wildman–Crippen LogP) is 4.53. The normalized spacial score (nSPS) is 14.9. The molecule has 3 heterocycles. The van der Waals surface area contributed by atoms with Gasteiger partial charge in [-0.3, -0.25) is 5.10 Å². The molecular formula is C26H26N6O. The zero-order valence-corrected chi connectivity index (χ0v) is 18.8. The van der Waals surface area contributed by atoms with Crippen molar-refractivity contribution < 1.29 is 4.74 Å². The van der Waals surface area contributed by atoms with E-state index >= 15 is 0 Å². The molecule has 1 aliphatic heterocycles. The topological polar surface area (TPSA) is 73.1 Å². The lowest BCUT2D eigenvalue weighted by atomic mass is 10.0. The van der Waals surface area contributed by atoms with Gasteiger partial charge in [0.25, 0.3) is 0 Å². The average molecular weight is 439 g/mol. The zero-order chi connectivity index (χ0) is 22.4. The minimum atomic E-state index is 0.780. The number of ether oxygens (including phenoxy) is 1. The molecule has 3 aromatic carbocycles. The number of para-hydroxylation sites is 2. The average Bonchev–Trinajstić information content (AvgIpc) is 3.48. The van der Waals surface area contributed by atoms with E-state index in [0.29, 0.717) is 0 Å². The third-order valence-electron chi connectivity index (χ3n) is 6.54. The molecule has 33 heavy (non-hydrogen) atoms. The smallest absolute Gasteiger partial charge is 0.159 e. The number of H-pyrrole nitrogens is 2. The molecule has 0 spiro atoms. The van der Waals surface area contributed by atoms with Crippen molar-refractivity contribution in [2.45, 2.75) is 0 Å². The maximum atomic E-state index is 5.54. The van der Waals surface area contributed by atoms with Gasteiger partial charge >= 0.3 is 0 Å². The highest BCUT2D eigenvalue weighted by atomic mass is 16.5. The molecule has 7 heteroatoms. The highest BCUT2D eigenvalue weighted by Gasteiger charge is 2.20. The van der Waals surface area contributed by atoms with Gasteiger partial charge in [0.05, 0.1) is 23.8 Å². The first kappa shape index (κ1) is 19.8. The van der Waals surface area contributed by atoms with Crippen LogP contribution in [0.1, 0.15) is 0 Å². The number of hydrogen-bond donors (Lipinski definition) is 2. The van der Waals surface area contributed by atoms with Crippen LogP contribution in [0.2, 0.25) is 0 Å². The van der Waals surface area contributed by atoms with Crippen LogP contribution in [0.5, 0.6) is 5.75 Å². The maximum Gasteiger partial charge on any atom is 0.159 e. The minimum Gasteiger partial charge on any atom is -0.496 e. The van der Waals surface area contributed by atoms with Gasteiger partial charge in [-0.15, -0.1) is 0 Å². The summed E-state index contributed by atoms with van der Waals surface area (Å²) in [6, 6.07) is 20.7. The van der Waals surface area contributed by atoms with E-state index in [2.05, 4.69) is 74.5 Å². The summed E-state index contributed by atoms with van der Waals surface area (Å²) >= 11 is 0. The molecule has 0 atom stereocenters. The summed E-state index contributed by atoms with van der Waals surface area (Å²) in [5.41, 5.74) is 7.14. The molecular weight excluding hydrogens is 412 g/mol. The van der Waals surface area contributed by atoms with E-state index in [1.165, 1.54) is 5.69 Å². The fraction of sp³-hybridized carbons (Fsp3) is 0.231. The van der Waals surface area contributed by atoms with Gasteiger partial charge in [0.15, 0.2) is 5.82 Å². The Morgan fingerprint density at radius 3 is 2.61 bits per heavy atom. The van der Waals surface area contributed by atoms with Gasteiger partial charge in [-0.25, -0.2) is 4.98 Å². The Balaban J connectivity index is 1.40. The van der Waals surface area contributed by atoms with Crippen LogP contribution < -0.4 is 9.64 Å². The second-order valence-electron chi connectivity index (χ2n) is 8.58. The maximum absolute atomic E-state index is 5.54. The van der Waals surface area contributed by atoms with Crippen molar-refractivity contribution in [3.8, 4) is 28.4 Å². The summed E-state index contributed by atoms with van der Waals surface area (Å²) in [5.74, 6) is 1.63. The molecule has 166 valence electrons. The quantitative estimate of drug-likeness (QED) is 0.431. The number of nitrogens with zero attached hydrogens (tertiary/aromatic N) is 4. The van der Waals surface area contributed by atoms with E-state index in [4.69, 9.17) is 9.72 Å². The lowest BCUT2D eigenvalue weighted by Crippen LogP contribution is -2.44. The van der Waals surface area contributed by atoms with Crippen molar-refractivity contribution in [1.82, 2.24) is 25.1 Å². The Morgan fingerprint density at radius 1 is 0.909 bits per heavy atom. The van der Waals surface area contributed by atoms with Gasteiger partial charge in [-0.05, 0) is 42.9 Å². The molecule has 0 radical (unpaired) electrons. The Morgan fingerprint density at radius 2 is 1.76 bits per heavy atom.